The summed E-state index contributed by atoms with van der Waals surface area (Å²) in [6, 6.07) is -0.568. The quantitative estimate of drug-likeness (QED) is 0.607. The van der Waals surface area contributed by atoms with Crippen molar-refractivity contribution in [2.24, 2.45) is 5.92 Å². The van der Waals surface area contributed by atoms with E-state index in [0.717, 1.165) is 12.8 Å². The lowest BCUT2D eigenvalue weighted by Gasteiger charge is -2.21. The van der Waals surface area contributed by atoms with E-state index >= 15 is 0 Å². The van der Waals surface area contributed by atoms with Gasteiger partial charge in [-0.3, -0.25) is 9.59 Å². The highest BCUT2D eigenvalue weighted by Crippen LogP contribution is 2.12. The molecule has 0 bridgehead atoms. The molecule has 0 rings (SSSR count). The lowest BCUT2D eigenvalue weighted by molar-refractivity contribution is -0.128. The minimum Gasteiger partial charge on any atom is -0.391 e. The molecule has 0 fully saturated rings. The largest absolute Gasteiger partial charge is 0.391 e. The van der Waals surface area contributed by atoms with Crippen molar-refractivity contribution in [3.8, 4) is 0 Å². The highest BCUT2D eigenvalue weighted by Gasteiger charge is 2.18. The summed E-state index contributed by atoms with van der Waals surface area (Å²) in [5.41, 5.74) is 0. The van der Waals surface area contributed by atoms with E-state index in [1.807, 2.05) is 13.8 Å². The highest BCUT2D eigenvalue weighted by molar-refractivity contribution is 5.86. The molecular formula is C12H24N2O3. The topological polar surface area (TPSA) is 78.4 Å². The molecule has 17 heavy (non-hydrogen) atoms. The fourth-order valence-electron chi connectivity index (χ4n) is 1.73. The van der Waals surface area contributed by atoms with Gasteiger partial charge in [-0.2, -0.15) is 0 Å². The second-order valence-electron chi connectivity index (χ2n) is 4.31. The van der Waals surface area contributed by atoms with Crippen molar-refractivity contribution in [1.82, 2.24) is 10.6 Å². The van der Waals surface area contributed by atoms with Crippen LogP contribution >= 0.6 is 0 Å². The van der Waals surface area contributed by atoms with Gasteiger partial charge in [-0.25, -0.2) is 0 Å². The van der Waals surface area contributed by atoms with E-state index in [-0.39, 0.29) is 24.3 Å². The monoisotopic (exact) mass is 244 g/mol. The maximum Gasteiger partial charge on any atom is 0.242 e. The summed E-state index contributed by atoms with van der Waals surface area (Å²) >= 11 is 0. The molecule has 2 unspecified atom stereocenters. The SMILES string of the molecule is CCC(CC)C(O)CNC(=O)C(C)NC(C)=O. The van der Waals surface area contributed by atoms with Gasteiger partial charge in [0.15, 0.2) is 0 Å². The fourth-order valence-corrected chi connectivity index (χ4v) is 1.73. The molecule has 5 nitrogen and oxygen atoms in total. The van der Waals surface area contributed by atoms with E-state index in [0.29, 0.717) is 0 Å². The Kier molecular flexibility index (Phi) is 7.54. The van der Waals surface area contributed by atoms with Crippen LogP contribution in [0.25, 0.3) is 0 Å². The molecule has 5 heteroatoms. The van der Waals surface area contributed by atoms with Crippen LogP contribution in [0.5, 0.6) is 0 Å². The normalized spacial score (nSPS) is 14.2. The maximum absolute atomic E-state index is 11.5. The zero-order valence-corrected chi connectivity index (χ0v) is 11.1. The van der Waals surface area contributed by atoms with Crippen molar-refractivity contribution in [1.29, 1.82) is 0 Å². The summed E-state index contributed by atoms with van der Waals surface area (Å²) in [6.45, 7) is 7.23. The van der Waals surface area contributed by atoms with Gasteiger partial charge in [0, 0.05) is 13.5 Å². The average Bonchev–Trinajstić information content (AvgIpc) is 2.26. The number of amides is 2. The van der Waals surface area contributed by atoms with Crippen molar-refractivity contribution in [3.05, 3.63) is 0 Å². The molecular weight excluding hydrogens is 220 g/mol. The summed E-state index contributed by atoms with van der Waals surface area (Å²) in [6.07, 6.45) is 1.24. The van der Waals surface area contributed by atoms with E-state index < -0.39 is 12.1 Å². The first kappa shape index (κ1) is 15.9. The Labute approximate surface area is 103 Å². The first-order chi connectivity index (χ1) is 7.92. The second kappa shape index (κ2) is 8.06. The molecule has 0 aromatic rings. The van der Waals surface area contributed by atoms with E-state index in [1.165, 1.54) is 6.92 Å². The molecule has 0 aliphatic carbocycles. The van der Waals surface area contributed by atoms with Crippen molar-refractivity contribution >= 4 is 11.8 Å². The van der Waals surface area contributed by atoms with E-state index in [2.05, 4.69) is 10.6 Å². The van der Waals surface area contributed by atoms with Crippen LogP contribution < -0.4 is 10.6 Å². The van der Waals surface area contributed by atoms with E-state index in [1.54, 1.807) is 6.92 Å². The van der Waals surface area contributed by atoms with Gasteiger partial charge in [-0.05, 0) is 12.8 Å². The number of rotatable bonds is 7. The second-order valence-corrected chi connectivity index (χ2v) is 4.31. The van der Waals surface area contributed by atoms with Crippen LogP contribution in [0.2, 0.25) is 0 Å². The van der Waals surface area contributed by atoms with Gasteiger partial charge in [0.2, 0.25) is 11.8 Å². The summed E-state index contributed by atoms with van der Waals surface area (Å²) in [5.74, 6) is -0.315. The Morgan fingerprint density at radius 3 is 2.18 bits per heavy atom. The number of hydrogen-bond acceptors (Lipinski definition) is 3. The molecule has 2 amide bonds. The molecule has 0 heterocycles. The van der Waals surface area contributed by atoms with Gasteiger partial charge in [0.25, 0.3) is 0 Å². The van der Waals surface area contributed by atoms with Gasteiger partial charge in [0.05, 0.1) is 6.10 Å². The first-order valence-electron chi connectivity index (χ1n) is 6.15. The van der Waals surface area contributed by atoms with Crippen LogP contribution in [0, 0.1) is 5.92 Å². The lowest BCUT2D eigenvalue weighted by atomic mass is 9.96. The van der Waals surface area contributed by atoms with Gasteiger partial charge in [-0.15, -0.1) is 0 Å². The molecule has 0 spiro atoms. The number of aliphatic hydroxyl groups is 1. The van der Waals surface area contributed by atoms with Crippen molar-refractivity contribution in [2.45, 2.75) is 52.7 Å². The molecule has 3 N–H and O–H groups in total. The molecule has 0 aromatic carbocycles. The first-order valence-corrected chi connectivity index (χ1v) is 6.15. The van der Waals surface area contributed by atoms with E-state index in [9.17, 15) is 14.7 Å². The van der Waals surface area contributed by atoms with Crippen LogP contribution in [0.1, 0.15) is 40.5 Å². The molecule has 0 aromatic heterocycles. The predicted octanol–water partition coefficient (Wildman–Crippen LogP) is 0.424. The smallest absolute Gasteiger partial charge is 0.242 e. The molecule has 0 radical (unpaired) electrons. The highest BCUT2D eigenvalue weighted by atomic mass is 16.3. The molecule has 0 saturated heterocycles. The number of hydrogen-bond donors (Lipinski definition) is 3. The Bertz CT molecular complexity index is 252. The minimum absolute atomic E-state index is 0.200. The van der Waals surface area contributed by atoms with Crippen molar-refractivity contribution in [3.63, 3.8) is 0 Å². The van der Waals surface area contributed by atoms with E-state index in [4.69, 9.17) is 0 Å². The summed E-state index contributed by atoms with van der Waals surface area (Å²) < 4.78 is 0. The Morgan fingerprint density at radius 2 is 1.76 bits per heavy atom. The van der Waals surface area contributed by atoms with Crippen LogP contribution in [-0.4, -0.2) is 35.6 Å². The third-order valence-electron chi connectivity index (χ3n) is 2.89. The zero-order valence-electron chi connectivity index (χ0n) is 11.1. The van der Waals surface area contributed by atoms with Crippen LogP contribution in [0.15, 0.2) is 0 Å². The van der Waals surface area contributed by atoms with Crippen LogP contribution in [0.4, 0.5) is 0 Å². The minimum atomic E-state index is -0.568. The predicted molar refractivity (Wildman–Crippen MR) is 66.4 cm³/mol. The van der Waals surface area contributed by atoms with Crippen molar-refractivity contribution < 1.29 is 14.7 Å². The fraction of sp³-hybridized carbons (Fsp3) is 0.833. The van der Waals surface area contributed by atoms with Gasteiger partial charge in [0.1, 0.15) is 6.04 Å². The molecule has 0 saturated carbocycles. The standard InChI is InChI=1S/C12H24N2O3/c1-5-10(6-2)11(16)7-13-12(17)8(3)14-9(4)15/h8,10-11,16H,5-7H2,1-4H3,(H,13,17)(H,14,15). The third-order valence-corrected chi connectivity index (χ3v) is 2.89. The van der Waals surface area contributed by atoms with Crippen molar-refractivity contribution in [2.75, 3.05) is 6.54 Å². The average molecular weight is 244 g/mol. The lowest BCUT2D eigenvalue weighted by Crippen LogP contribution is -2.46. The number of carbonyl (C=O) groups excluding carboxylic acids is 2. The number of nitrogens with one attached hydrogen (secondary N) is 2. The van der Waals surface area contributed by atoms with Gasteiger partial charge >= 0.3 is 0 Å². The van der Waals surface area contributed by atoms with Gasteiger partial charge < -0.3 is 15.7 Å². The summed E-state index contributed by atoms with van der Waals surface area (Å²) in [4.78, 5) is 22.3. The molecule has 0 aliphatic heterocycles. The maximum atomic E-state index is 11.5. The third kappa shape index (κ3) is 6.26. The van der Waals surface area contributed by atoms with Gasteiger partial charge in [-0.1, -0.05) is 26.7 Å². The summed E-state index contributed by atoms with van der Waals surface area (Å²) in [7, 11) is 0. The molecule has 100 valence electrons. The Balaban J connectivity index is 4.02. The Morgan fingerprint density at radius 1 is 1.24 bits per heavy atom. The van der Waals surface area contributed by atoms with Crippen LogP contribution in [-0.2, 0) is 9.59 Å². The molecule has 0 aliphatic rings. The summed E-state index contributed by atoms with van der Waals surface area (Å²) in [5, 5.41) is 14.9. The molecule has 2 atom stereocenters. The zero-order chi connectivity index (χ0) is 13.4. The Hall–Kier alpha value is -1.10. The van der Waals surface area contributed by atoms with Crippen LogP contribution in [0.3, 0.4) is 0 Å². The number of aliphatic hydroxyl groups excluding tert-OH is 1. The number of carbonyl (C=O) groups is 2.